The van der Waals surface area contributed by atoms with Crippen molar-refractivity contribution < 1.29 is 4.79 Å². The zero-order chi connectivity index (χ0) is 19.8. The monoisotopic (exact) mass is 397 g/mol. The molecular formula is C17H15N7O3S. The van der Waals surface area contributed by atoms with Crippen molar-refractivity contribution in [2.75, 3.05) is 5.32 Å². The van der Waals surface area contributed by atoms with Crippen molar-refractivity contribution in [3.63, 3.8) is 0 Å². The third-order valence-corrected chi connectivity index (χ3v) is 5.06. The topological polar surface area (TPSA) is 117 Å². The molecule has 4 rings (SSSR count). The second kappa shape index (κ2) is 6.85. The number of carbonyl (C=O) groups excluding carboxylic acids is 1. The molecule has 11 heteroatoms. The number of fused-ring (bicyclic) bond motifs is 1. The second-order valence-electron chi connectivity index (χ2n) is 6.07. The zero-order valence-electron chi connectivity index (χ0n) is 15.0. The standard InChI is InChI=1S/C17H15N7O3S/c1-22-14-13(16(26)23(2)17(22)27)24(9-20-14)8-12(25)21-11-4-3-10(7-19-11)15-18-5-6-28-15/h3-7,9H,8H2,1-2H3,(H,19,21,25). The summed E-state index contributed by atoms with van der Waals surface area (Å²) in [5.41, 5.74) is 0.294. The average Bonchev–Trinajstić information content (AvgIpc) is 3.35. The van der Waals surface area contributed by atoms with Gasteiger partial charge in [0.15, 0.2) is 11.2 Å². The first kappa shape index (κ1) is 17.8. The molecule has 0 aromatic carbocycles. The van der Waals surface area contributed by atoms with Crippen LogP contribution in [-0.4, -0.2) is 34.6 Å². The molecule has 0 aliphatic heterocycles. The maximum absolute atomic E-state index is 12.4. The van der Waals surface area contributed by atoms with Gasteiger partial charge in [0.2, 0.25) is 5.91 Å². The minimum Gasteiger partial charge on any atom is -0.315 e. The number of hydrogen-bond donors (Lipinski definition) is 1. The fourth-order valence-electron chi connectivity index (χ4n) is 2.81. The van der Waals surface area contributed by atoms with Crippen LogP contribution in [0.25, 0.3) is 21.7 Å². The van der Waals surface area contributed by atoms with Crippen LogP contribution in [0, 0.1) is 0 Å². The van der Waals surface area contributed by atoms with E-state index in [2.05, 4.69) is 20.3 Å². The molecule has 4 heterocycles. The summed E-state index contributed by atoms with van der Waals surface area (Å²) in [6.45, 7) is -0.139. The second-order valence-corrected chi connectivity index (χ2v) is 6.96. The Morgan fingerprint density at radius 1 is 1.14 bits per heavy atom. The van der Waals surface area contributed by atoms with Crippen molar-refractivity contribution in [2.45, 2.75) is 6.54 Å². The molecule has 0 atom stereocenters. The first-order valence-electron chi connectivity index (χ1n) is 8.22. The van der Waals surface area contributed by atoms with E-state index >= 15 is 0 Å². The van der Waals surface area contributed by atoms with Crippen LogP contribution in [0.3, 0.4) is 0 Å². The van der Waals surface area contributed by atoms with Crippen LogP contribution in [0.4, 0.5) is 5.82 Å². The molecule has 0 aliphatic rings. The lowest BCUT2D eigenvalue weighted by Gasteiger charge is -2.08. The number of imidazole rings is 1. The molecule has 0 spiro atoms. The van der Waals surface area contributed by atoms with Crippen molar-refractivity contribution in [3.8, 4) is 10.6 Å². The molecule has 0 bridgehead atoms. The van der Waals surface area contributed by atoms with Gasteiger partial charge >= 0.3 is 5.69 Å². The normalized spacial score (nSPS) is 11.1. The Hall–Kier alpha value is -3.60. The Kier molecular flexibility index (Phi) is 4.35. The van der Waals surface area contributed by atoms with Crippen LogP contribution in [0.2, 0.25) is 0 Å². The van der Waals surface area contributed by atoms with Crippen LogP contribution < -0.4 is 16.6 Å². The van der Waals surface area contributed by atoms with Gasteiger partial charge in [0.25, 0.3) is 5.56 Å². The van der Waals surface area contributed by atoms with E-state index in [0.29, 0.717) is 5.82 Å². The van der Waals surface area contributed by atoms with Gasteiger partial charge in [-0.3, -0.25) is 18.7 Å². The largest absolute Gasteiger partial charge is 0.332 e. The van der Waals surface area contributed by atoms with Gasteiger partial charge in [0, 0.05) is 37.4 Å². The Bertz CT molecular complexity index is 1280. The van der Waals surface area contributed by atoms with Crippen molar-refractivity contribution >= 4 is 34.2 Å². The summed E-state index contributed by atoms with van der Waals surface area (Å²) < 4.78 is 3.66. The number of rotatable bonds is 4. The molecular weight excluding hydrogens is 382 g/mol. The minimum absolute atomic E-state index is 0.139. The van der Waals surface area contributed by atoms with E-state index in [0.717, 1.165) is 15.1 Å². The molecule has 1 N–H and O–H groups in total. The van der Waals surface area contributed by atoms with Gasteiger partial charge in [-0.1, -0.05) is 0 Å². The minimum atomic E-state index is -0.505. The Morgan fingerprint density at radius 2 is 1.96 bits per heavy atom. The highest BCUT2D eigenvalue weighted by Crippen LogP contribution is 2.21. The SMILES string of the molecule is Cn1c(=O)c2c(ncn2CC(=O)Nc2ccc(-c3nccs3)cn2)n(C)c1=O. The first-order chi connectivity index (χ1) is 13.5. The van der Waals surface area contributed by atoms with Crippen molar-refractivity contribution in [1.82, 2.24) is 28.7 Å². The molecule has 1 amide bonds. The zero-order valence-corrected chi connectivity index (χ0v) is 15.8. The van der Waals surface area contributed by atoms with Gasteiger partial charge in [-0.25, -0.2) is 19.7 Å². The molecule has 142 valence electrons. The van der Waals surface area contributed by atoms with E-state index in [1.54, 1.807) is 18.5 Å². The van der Waals surface area contributed by atoms with Crippen LogP contribution in [0.5, 0.6) is 0 Å². The highest BCUT2D eigenvalue weighted by molar-refractivity contribution is 7.13. The summed E-state index contributed by atoms with van der Waals surface area (Å²) in [6, 6.07) is 3.50. The quantitative estimate of drug-likeness (QED) is 0.539. The smallest absolute Gasteiger partial charge is 0.315 e. The Labute approximate surface area is 161 Å². The van der Waals surface area contributed by atoms with Crippen LogP contribution in [0.15, 0.2) is 45.8 Å². The fourth-order valence-corrected chi connectivity index (χ4v) is 3.44. The summed E-state index contributed by atoms with van der Waals surface area (Å²) in [4.78, 5) is 49.3. The highest BCUT2D eigenvalue weighted by Gasteiger charge is 2.16. The van der Waals surface area contributed by atoms with E-state index < -0.39 is 11.2 Å². The van der Waals surface area contributed by atoms with E-state index in [1.165, 1.54) is 40.9 Å². The lowest BCUT2D eigenvalue weighted by Crippen LogP contribution is -2.37. The molecule has 28 heavy (non-hydrogen) atoms. The van der Waals surface area contributed by atoms with Crippen LogP contribution >= 0.6 is 11.3 Å². The van der Waals surface area contributed by atoms with E-state index in [1.807, 2.05) is 11.4 Å². The predicted molar refractivity (Wildman–Crippen MR) is 104 cm³/mol. The molecule has 0 saturated heterocycles. The van der Waals surface area contributed by atoms with Crippen molar-refractivity contribution in [2.24, 2.45) is 14.1 Å². The molecule has 4 aromatic rings. The van der Waals surface area contributed by atoms with E-state index in [-0.39, 0.29) is 23.6 Å². The summed E-state index contributed by atoms with van der Waals surface area (Å²) in [6.07, 6.45) is 4.71. The molecule has 0 fully saturated rings. The number of aromatic nitrogens is 6. The summed E-state index contributed by atoms with van der Waals surface area (Å²) >= 11 is 1.50. The van der Waals surface area contributed by atoms with Gasteiger partial charge in [-0.05, 0) is 12.1 Å². The number of anilines is 1. The summed E-state index contributed by atoms with van der Waals surface area (Å²) in [5.74, 6) is 0.0136. The number of amides is 1. The van der Waals surface area contributed by atoms with Crippen molar-refractivity contribution in [3.05, 3.63) is 57.1 Å². The first-order valence-corrected chi connectivity index (χ1v) is 9.10. The third-order valence-electron chi connectivity index (χ3n) is 4.24. The highest BCUT2D eigenvalue weighted by atomic mass is 32.1. The molecule has 0 aliphatic carbocycles. The number of hydrogen-bond acceptors (Lipinski definition) is 7. The average molecular weight is 397 g/mol. The molecule has 4 aromatic heterocycles. The van der Waals surface area contributed by atoms with E-state index in [4.69, 9.17) is 0 Å². The van der Waals surface area contributed by atoms with Crippen molar-refractivity contribution in [1.29, 1.82) is 0 Å². The van der Waals surface area contributed by atoms with Gasteiger partial charge < -0.3 is 9.88 Å². The fraction of sp³-hybridized carbons (Fsp3) is 0.176. The number of aryl methyl sites for hydroxylation is 1. The number of carbonyl (C=O) groups is 1. The molecule has 0 saturated carbocycles. The van der Waals surface area contributed by atoms with Gasteiger partial charge in [0.05, 0.1) is 6.33 Å². The number of thiazole rings is 1. The summed E-state index contributed by atoms with van der Waals surface area (Å²) in [7, 11) is 2.91. The third kappa shape index (κ3) is 3.01. The van der Waals surface area contributed by atoms with E-state index in [9.17, 15) is 14.4 Å². The lowest BCUT2D eigenvalue weighted by atomic mass is 10.3. The number of pyridine rings is 1. The molecule has 0 radical (unpaired) electrons. The molecule has 0 unspecified atom stereocenters. The Balaban J connectivity index is 1.56. The Morgan fingerprint density at radius 3 is 2.64 bits per heavy atom. The number of nitrogens with zero attached hydrogens (tertiary/aromatic N) is 6. The lowest BCUT2D eigenvalue weighted by molar-refractivity contribution is -0.116. The number of nitrogens with one attached hydrogen (secondary N) is 1. The molecule has 10 nitrogen and oxygen atoms in total. The van der Waals surface area contributed by atoms with Gasteiger partial charge in [-0.15, -0.1) is 11.3 Å². The summed E-state index contributed by atoms with van der Waals surface area (Å²) in [5, 5.41) is 5.40. The van der Waals surface area contributed by atoms with Crippen LogP contribution in [0.1, 0.15) is 0 Å². The maximum atomic E-state index is 12.4. The van der Waals surface area contributed by atoms with Gasteiger partial charge in [0.1, 0.15) is 17.4 Å². The predicted octanol–water partition coefficient (Wildman–Crippen LogP) is 0.591. The van der Waals surface area contributed by atoms with Gasteiger partial charge in [-0.2, -0.15) is 0 Å². The maximum Gasteiger partial charge on any atom is 0.332 e. The van der Waals surface area contributed by atoms with Crippen LogP contribution in [-0.2, 0) is 25.4 Å².